The van der Waals surface area contributed by atoms with Gasteiger partial charge in [0.25, 0.3) is 11.8 Å². The van der Waals surface area contributed by atoms with Crippen molar-refractivity contribution in [3.05, 3.63) is 34.9 Å². The molecular formula is C22H29NO2. The molecule has 0 bridgehead atoms. The fraction of sp³-hybridized carbons (Fsp3) is 0.545. The summed E-state index contributed by atoms with van der Waals surface area (Å²) in [5.74, 6) is 2.13. The first-order valence-corrected chi connectivity index (χ1v) is 9.66. The lowest BCUT2D eigenvalue weighted by molar-refractivity contribution is 0.0651. The van der Waals surface area contributed by atoms with Crippen LogP contribution in [-0.2, 0) is 0 Å². The molecule has 3 nitrogen and oxygen atoms in total. The van der Waals surface area contributed by atoms with Crippen LogP contribution in [0.5, 0.6) is 0 Å². The molecule has 0 radical (unpaired) electrons. The van der Waals surface area contributed by atoms with E-state index in [0.717, 1.165) is 12.8 Å². The third kappa shape index (κ3) is 5.19. The van der Waals surface area contributed by atoms with Crippen molar-refractivity contribution in [2.24, 2.45) is 0 Å². The zero-order chi connectivity index (χ0) is 18.1. The van der Waals surface area contributed by atoms with E-state index in [1.165, 1.54) is 56.3 Å². The Labute approximate surface area is 151 Å². The number of fused-ring (bicyclic) bond motifs is 1. The number of amides is 2. The number of unbranched alkanes of at least 4 members (excludes halogenated alkanes) is 9. The molecule has 0 N–H and O–H groups in total. The Morgan fingerprint density at radius 3 is 2.00 bits per heavy atom. The van der Waals surface area contributed by atoms with Gasteiger partial charge in [0.15, 0.2) is 0 Å². The molecule has 1 aromatic carbocycles. The highest BCUT2D eigenvalue weighted by atomic mass is 16.2. The molecule has 1 aliphatic rings. The predicted octanol–water partition coefficient (Wildman–Crippen LogP) is 5.18. The normalized spacial score (nSPS) is 13.2. The van der Waals surface area contributed by atoms with Crippen LogP contribution in [0.3, 0.4) is 0 Å². The largest absolute Gasteiger partial charge is 0.274 e. The minimum absolute atomic E-state index is 0.181. The summed E-state index contributed by atoms with van der Waals surface area (Å²) in [7, 11) is 0. The van der Waals surface area contributed by atoms with E-state index in [-0.39, 0.29) is 11.8 Å². The standard InChI is InChI=1S/C22H29NO2/c1-3-5-6-7-8-9-10-11-12-13-16-23-21(24)19-15-14-18(4-2)17-20(19)22(23)25/h2,14-15,17H,3,5-13,16H2,1H3. The van der Waals surface area contributed by atoms with Gasteiger partial charge in [0.1, 0.15) is 0 Å². The zero-order valence-electron chi connectivity index (χ0n) is 15.4. The number of hydrogen-bond acceptors (Lipinski definition) is 2. The number of terminal acetylenes is 1. The van der Waals surface area contributed by atoms with Crippen molar-refractivity contribution in [2.75, 3.05) is 6.54 Å². The first-order valence-electron chi connectivity index (χ1n) is 9.66. The van der Waals surface area contributed by atoms with Crippen molar-refractivity contribution in [3.63, 3.8) is 0 Å². The molecule has 25 heavy (non-hydrogen) atoms. The maximum atomic E-state index is 12.4. The van der Waals surface area contributed by atoms with E-state index in [1.807, 2.05) is 0 Å². The topological polar surface area (TPSA) is 37.4 Å². The fourth-order valence-electron chi connectivity index (χ4n) is 3.34. The van der Waals surface area contributed by atoms with E-state index in [9.17, 15) is 9.59 Å². The lowest BCUT2D eigenvalue weighted by Crippen LogP contribution is -2.30. The SMILES string of the molecule is C#Cc1ccc2c(c1)C(=O)N(CCCCCCCCCCCC)C2=O. The number of rotatable bonds is 11. The van der Waals surface area contributed by atoms with Gasteiger partial charge in [0, 0.05) is 12.1 Å². The number of imide groups is 1. The number of hydrogen-bond donors (Lipinski definition) is 0. The molecule has 0 aromatic heterocycles. The van der Waals surface area contributed by atoms with Gasteiger partial charge in [-0.1, -0.05) is 70.6 Å². The summed E-state index contributed by atoms with van der Waals surface area (Å²) in [5, 5.41) is 0. The van der Waals surface area contributed by atoms with Crippen molar-refractivity contribution in [1.29, 1.82) is 0 Å². The molecule has 0 spiro atoms. The van der Waals surface area contributed by atoms with Crippen LogP contribution in [0.4, 0.5) is 0 Å². The molecule has 1 aromatic rings. The molecule has 0 aliphatic carbocycles. The number of carbonyl (C=O) groups excluding carboxylic acids is 2. The van der Waals surface area contributed by atoms with Crippen molar-refractivity contribution in [1.82, 2.24) is 4.90 Å². The van der Waals surface area contributed by atoms with Gasteiger partial charge in [-0.05, 0) is 24.6 Å². The third-order valence-corrected chi connectivity index (χ3v) is 4.87. The predicted molar refractivity (Wildman–Crippen MR) is 102 cm³/mol. The van der Waals surface area contributed by atoms with Crippen LogP contribution in [0.2, 0.25) is 0 Å². The van der Waals surface area contributed by atoms with Gasteiger partial charge in [-0.2, -0.15) is 0 Å². The molecule has 0 atom stereocenters. The molecule has 2 rings (SSSR count). The second-order valence-corrected chi connectivity index (χ2v) is 6.85. The summed E-state index contributed by atoms with van der Waals surface area (Å²) in [6.45, 7) is 2.75. The molecule has 0 saturated carbocycles. The third-order valence-electron chi connectivity index (χ3n) is 4.87. The van der Waals surface area contributed by atoms with Crippen LogP contribution in [0.1, 0.15) is 97.4 Å². The van der Waals surface area contributed by atoms with Crippen LogP contribution in [0, 0.1) is 12.3 Å². The second kappa shape index (κ2) is 10.0. The summed E-state index contributed by atoms with van der Waals surface area (Å²) >= 11 is 0. The average Bonchev–Trinajstić information content (AvgIpc) is 2.87. The Kier molecular flexibility index (Phi) is 7.73. The number of carbonyl (C=O) groups is 2. The quantitative estimate of drug-likeness (QED) is 0.316. The van der Waals surface area contributed by atoms with Gasteiger partial charge >= 0.3 is 0 Å². The van der Waals surface area contributed by atoms with Gasteiger partial charge in [-0.3, -0.25) is 14.5 Å². The van der Waals surface area contributed by atoms with E-state index < -0.39 is 0 Å². The van der Waals surface area contributed by atoms with Crippen molar-refractivity contribution in [2.45, 2.75) is 71.1 Å². The highest BCUT2D eigenvalue weighted by Crippen LogP contribution is 2.24. The fourth-order valence-corrected chi connectivity index (χ4v) is 3.34. The van der Waals surface area contributed by atoms with Crippen molar-refractivity contribution >= 4 is 11.8 Å². The Bertz CT molecular complexity index is 642. The molecule has 2 amide bonds. The summed E-state index contributed by atoms with van der Waals surface area (Å²) in [4.78, 5) is 26.1. The summed E-state index contributed by atoms with van der Waals surface area (Å²) in [6, 6.07) is 5.03. The summed E-state index contributed by atoms with van der Waals surface area (Å²) in [5.41, 5.74) is 1.57. The molecule has 0 saturated heterocycles. The van der Waals surface area contributed by atoms with Gasteiger partial charge in [0.05, 0.1) is 11.1 Å². The van der Waals surface area contributed by atoms with Gasteiger partial charge < -0.3 is 0 Å². The maximum absolute atomic E-state index is 12.4. The Hall–Kier alpha value is -2.08. The molecule has 0 fully saturated rings. The first kappa shape index (κ1) is 19.2. The van der Waals surface area contributed by atoms with Crippen LogP contribution < -0.4 is 0 Å². The first-order chi connectivity index (χ1) is 12.2. The van der Waals surface area contributed by atoms with Crippen LogP contribution in [0.15, 0.2) is 18.2 Å². The van der Waals surface area contributed by atoms with Crippen molar-refractivity contribution in [3.8, 4) is 12.3 Å². The summed E-state index contributed by atoms with van der Waals surface area (Å²) < 4.78 is 0. The van der Waals surface area contributed by atoms with Crippen LogP contribution in [0.25, 0.3) is 0 Å². The van der Waals surface area contributed by atoms with E-state index in [4.69, 9.17) is 6.42 Å². The zero-order valence-corrected chi connectivity index (χ0v) is 15.4. The molecule has 0 unspecified atom stereocenters. The molecule has 3 heteroatoms. The van der Waals surface area contributed by atoms with Crippen molar-refractivity contribution < 1.29 is 9.59 Å². The van der Waals surface area contributed by atoms with E-state index in [1.54, 1.807) is 18.2 Å². The monoisotopic (exact) mass is 339 g/mol. The molecule has 1 aliphatic heterocycles. The minimum atomic E-state index is -0.201. The molecule has 1 heterocycles. The minimum Gasteiger partial charge on any atom is -0.274 e. The van der Waals surface area contributed by atoms with Gasteiger partial charge in [0.2, 0.25) is 0 Å². The maximum Gasteiger partial charge on any atom is 0.261 e. The average molecular weight is 339 g/mol. The van der Waals surface area contributed by atoms with E-state index in [2.05, 4.69) is 12.8 Å². The Morgan fingerprint density at radius 1 is 0.840 bits per heavy atom. The van der Waals surface area contributed by atoms with Crippen LogP contribution in [-0.4, -0.2) is 23.3 Å². The highest BCUT2D eigenvalue weighted by molar-refractivity contribution is 6.21. The molecule has 134 valence electrons. The molecular weight excluding hydrogens is 310 g/mol. The van der Waals surface area contributed by atoms with Gasteiger partial charge in [-0.25, -0.2) is 0 Å². The summed E-state index contributed by atoms with van der Waals surface area (Å²) in [6.07, 6.45) is 17.7. The van der Waals surface area contributed by atoms with E-state index >= 15 is 0 Å². The number of nitrogens with zero attached hydrogens (tertiary/aromatic N) is 1. The lowest BCUT2D eigenvalue weighted by atomic mass is 10.1. The smallest absolute Gasteiger partial charge is 0.261 e. The Morgan fingerprint density at radius 2 is 1.40 bits per heavy atom. The lowest BCUT2D eigenvalue weighted by Gasteiger charge is -2.13. The van der Waals surface area contributed by atoms with Crippen LogP contribution >= 0.6 is 0 Å². The highest BCUT2D eigenvalue weighted by Gasteiger charge is 2.34. The van der Waals surface area contributed by atoms with Gasteiger partial charge in [-0.15, -0.1) is 6.42 Å². The van der Waals surface area contributed by atoms with E-state index in [0.29, 0.717) is 23.2 Å². The second-order valence-electron chi connectivity index (χ2n) is 6.85. The Balaban J connectivity index is 1.66. The number of benzene rings is 1.